The zero-order chi connectivity index (χ0) is 15.8. The molecule has 0 amide bonds. The second kappa shape index (κ2) is 8.03. The Hall–Kier alpha value is -2.55. The SMILES string of the molecule is COc1ccccc1/C=C/C(=O)CCc1ccccc1OC. The highest BCUT2D eigenvalue weighted by Gasteiger charge is 2.04. The predicted octanol–water partition coefficient (Wildman–Crippen LogP) is 3.92. The zero-order valence-electron chi connectivity index (χ0n) is 12.9. The first-order valence-electron chi connectivity index (χ1n) is 7.20. The molecular weight excluding hydrogens is 276 g/mol. The molecule has 22 heavy (non-hydrogen) atoms. The molecule has 0 aliphatic rings. The fourth-order valence-electron chi connectivity index (χ4n) is 2.24. The maximum Gasteiger partial charge on any atom is 0.156 e. The Labute approximate surface area is 131 Å². The van der Waals surface area contributed by atoms with Gasteiger partial charge in [0.15, 0.2) is 5.78 Å². The summed E-state index contributed by atoms with van der Waals surface area (Å²) >= 11 is 0. The number of methoxy groups -OCH3 is 2. The first-order valence-corrected chi connectivity index (χ1v) is 7.20. The molecule has 0 heterocycles. The molecule has 3 heteroatoms. The molecule has 2 aromatic carbocycles. The number of allylic oxidation sites excluding steroid dienone is 1. The monoisotopic (exact) mass is 296 g/mol. The zero-order valence-corrected chi connectivity index (χ0v) is 12.9. The van der Waals surface area contributed by atoms with Crippen LogP contribution >= 0.6 is 0 Å². The van der Waals surface area contributed by atoms with Crippen molar-refractivity contribution in [3.8, 4) is 11.5 Å². The number of hydrogen-bond acceptors (Lipinski definition) is 3. The number of ketones is 1. The van der Waals surface area contributed by atoms with Crippen LogP contribution in [0.2, 0.25) is 0 Å². The predicted molar refractivity (Wildman–Crippen MR) is 88.4 cm³/mol. The molecule has 114 valence electrons. The third kappa shape index (κ3) is 4.22. The van der Waals surface area contributed by atoms with Crippen molar-refractivity contribution in [2.75, 3.05) is 14.2 Å². The van der Waals surface area contributed by atoms with Crippen molar-refractivity contribution < 1.29 is 14.3 Å². The van der Waals surface area contributed by atoms with Crippen molar-refractivity contribution in [3.63, 3.8) is 0 Å². The van der Waals surface area contributed by atoms with E-state index in [0.717, 1.165) is 22.6 Å². The quantitative estimate of drug-likeness (QED) is 0.726. The molecule has 0 atom stereocenters. The summed E-state index contributed by atoms with van der Waals surface area (Å²) < 4.78 is 10.5. The Morgan fingerprint density at radius 2 is 1.59 bits per heavy atom. The smallest absolute Gasteiger partial charge is 0.156 e. The van der Waals surface area contributed by atoms with Crippen LogP contribution in [-0.2, 0) is 11.2 Å². The second-order valence-corrected chi connectivity index (χ2v) is 4.85. The van der Waals surface area contributed by atoms with Gasteiger partial charge in [0.05, 0.1) is 14.2 Å². The number of hydrogen-bond donors (Lipinski definition) is 0. The number of para-hydroxylation sites is 2. The van der Waals surface area contributed by atoms with Gasteiger partial charge in [0.1, 0.15) is 11.5 Å². The van der Waals surface area contributed by atoms with Gasteiger partial charge in [-0.05, 0) is 36.3 Å². The molecular formula is C19H20O3. The third-order valence-corrected chi connectivity index (χ3v) is 3.42. The molecule has 0 bridgehead atoms. The first kappa shape index (κ1) is 15.8. The van der Waals surface area contributed by atoms with E-state index in [0.29, 0.717) is 12.8 Å². The number of rotatable bonds is 7. The number of carbonyl (C=O) groups excluding carboxylic acids is 1. The molecule has 2 aromatic rings. The lowest BCUT2D eigenvalue weighted by molar-refractivity contribution is -0.114. The highest BCUT2D eigenvalue weighted by Crippen LogP contribution is 2.20. The molecule has 0 radical (unpaired) electrons. The van der Waals surface area contributed by atoms with E-state index < -0.39 is 0 Å². The topological polar surface area (TPSA) is 35.5 Å². The highest BCUT2D eigenvalue weighted by atomic mass is 16.5. The summed E-state index contributed by atoms with van der Waals surface area (Å²) in [6.45, 7) is 0. The average Bonchev–Trinajstić information content (AvgIpc) is 2.58. The Bertz CT molecular complexity index is 659. The minimum Gasteiger partial charge on any atom is -0.496 e. The third-order valence-electron chi connectivity index (χ3n) is 3.42. The Balaban J connectivity index is 1.97. The molecule has 0 spiro atoms. The lowest BCUT2D eigenvalue weighted by Crippen LogP contribution is -1.98. The van der Waals surface area contributed by atoms with Crippen molar-refractivity contribution in [2.45, 2.75) is 12.8 Å². The van der Waals surface area contributed by atoms with Crippen LogP contribution in [0.1, 0.15) is 17.5 Å². The van der Waals surface area contributed by atoms with Crippen LogP contribution in [0.25, 0.3) is 6.08 Å². The maximum atomic E-state index is 12.0. The van der Waals surface area contributed by atoms with Gasteiger partial charge in [-0.1, -0.05) is 36.4 Å². The molecule has 2 rings (SSSR count). The molecule has 0 aliphatic carbocycles. The van der Waals surface area contributed by atoms with Gasteiger partial charge in [-0.15, -0.1) is 0 Å². The van der Waals surface area contributed by atoms with E-state index >= 15 is 0 Å². The van der Waals surface area contributed by atoms with Crippen LogP contribution in [0.5, 0.6) is 11.5 Å². The van der Waals surface area contributed by atoms with Crippen molar-refractivity contribution in [1.29, 1.82) is 0 Å². The van der Waals surface area contributed by atoms with E-state index in [1.807, 2.05) is 48.5 Å². The fraction of sp³-hybridized carbons (Fsp3) is 0.211. The van der Waals surface area contributed by atoms with E-state index in [9.17, 15) is 4.79 Å². The average molecular weight is 296 g/mol. The Morgan fingerprint density at radius 3 is 2.32 bits per heavy atom. The summed E-state index contributed by atoms with van der Waals surface area (Å²) in [5.41, 5.74) is 1.94. The minimum atomic E-state index is 0.0804. The van der Waals surface area contributed by atoms with Crippen molar-refractivity contribution in [2.24, 2.45) is 0 Å². The summed E-state index contributed by atoms with van der Waals surface area (Å²) in [6.07, 6.45) is 4.52. The van der Waals surface area contributed by atoms with E-state index in [1.54, 1.807) is 26.4 Å². The molecule has 0 saturated carbocycles. The summed E-state index contributed by atoms with van der Waals surface area (Å²) in [4.78, 5) is 12.0. The van der Waals surface area contributed by atoms with Gasteiger partial charge < -0.3 is 9.47 Å². The molecule has 3 nitrogen and oxygen atoms in total. The minimum absolute atomic E-state index is 0.0804. The van der Waals surface area contributed by atoms with Crippen LogP contribution in [0.4, 0.5) is 0 Å². The largest absolute Gasteiger partial charge is 0.496 e. The molecule has 0 N–H and O–H groups in total. The van der Waals surface area contributed by atoms with Crippen molar-refractivity contribution in [3.05, 3.63) is 65.7 Å². The van der Waals surface area contributed by atoms with Gasteiger partial charge in [0, 0.05) is 12.0 Å². The Kier molecular flexibility index (Phi) is 5.78. The van der Waals surface area contributed by atoms with Crippen LogP contribution in [-0.4, -0.2) is 20.0 Å². The van der Waals surface area contributed by atoms with Crippen LogP contribution in [0.15, 0.2) is 54.6 Å². The summed E-state index contributed by atoms with van der Waals surface area (Å²) in [6, 6.07) is 15.4. The van der Waals surface area contributed by atoms with E-state index in [1.165, 1.54) is 0 Å². The molecule has 0 aliphatic heterocycles. The molecule has 0 unspecified atom stereocenters. The number of aryl methyl sites for hydroxylation is 1. The summed E-state index contributed by atoms with van der Waals surface area (Å²) in [5, 5.41) is 0. The first-order chi connectivity index (χ1) is 10.7. The lowest BCUT2D eigenvalue weighted by atomic mass is 10.1. The molecule has 0 fully saturated rings. The second-order valence-electron chi connectivity index (χ2n) is 4.85. The van der Waals surface area contributed by atoms with E-state index in [-0.39, 0.29) is 5.78 Å². The van der Waals surface area contributed by atoms with Crippen LogP contribution in [0.3, 0.4) is 0 Å². The molecule has 0 saturated heterocycles. The van der Waals surface area contributed by atoms with Gasteiger partial charge >= 0.3 is 0 Å². The lowest BCUT2D eigenvalue weighted by Gasteiger charge is -2.06. The van der Waals surface area contributed by atoms with Gasteiger partial charge in [-0.2, -0.15) is 0 Å². The van der Waals surface area contributed by atoms with Crippen LogP contribution < -0.4 is 9.47 Å². The van der Waals surface area contributed by atoms with Gasteiger partial charge in [0.25, 0.3) is 0 Å². The van der Waals surface area contributed by atoms with Crippen molar-refractivity contribution in [1.82, 2.24) is 0 Å². The fourth-order valence-corrected chi connectivity index (χ4v) is 2.24. The van der Waals surface area contributed by atoms with Gasteiger partial charge in [-0.3, -0.25) is 4.79 Å². The maximum absolute atomic E-state index is 12.0. The number of benzene rings is 2. The van der Waals surface area contributed by atoms with Gasteiger partial charge in [-0.25, -0.2) is 0 Å². The number of carbonyl (C=O) groups is 1. The van der Waals surface area contributed by atoms with Gasteiger partial charge in [0.2, 0.25) is 0 Å². The normalized spacial score (nSPS) is 10.6. The number of ether oxygens (including phenoxy) is 2. The van der Waals surface area contributed by atoms with Crippen molar-refractivity contribution >= 4 is 11.9 Å². The van der Waals surface area contributed by atoms with Crippen LogP contribution in [0, 0.1) is 0 Å². The Morgan fingerprint density at radius 1 is 0.955 bits per heavy atom. The van der Waals surface area contributed by atoms with E-state index in [4.69, 9.17) is 9.47 Å². The summed E-state index contributed by atoms with van der Waals surface area (Å²) in [7, 11) is 3.26. The standard InChI is InChI=1S/C19H20O3/c1-21-18-9-5-3-7-15(18)11-13-17(20)14-12-16-8-4-6-10-19(16)22-2/h3-11,13H,12,14H2,1-2H3/b13-11+. The molecule has 0 aromatic heterocycles. The van der Waals surface area contributed by atoms with E-state index in [2.05, 4.69) is 0 Å². The highest BCUT2D eigenvalue weighted by molar-refractivity contribution is 5.94. The summed E-state index contributed by atoms with van der Waals surface area (Å²) in [5.74, 6) is 1.66.